The van der Waals surface area contributed by atoms with Crippen LogP contribution in [0, 0.1) is 5.92 Å². The van der Waals surface area contributed by atoms with Gasteiger partial charge in [0.1, 0.15) is 0 Å². The Bertz CT molecular complexity index is 346. The fourth-order valence-electron chi connectivity index (χ4n) is 1.91. The third-order valence-electron chi connectivity index (χ3n) is 3.00. The van der Waals surface area contributed by atoms with E-state index in [1.165, 1.54) is 12.8 Å². The molecule has 15 heavy (non-hydrogen) atoms. The van der Waals surface area contributed by atoms with Gasteiger partial charge in [-0.05, 0) is 24.8 Å². The molecule has 1 fully saturated rings. The molecule has 1 aromatic heterocycles. The molecular formula is C11H16ClN3. The molecule has 0 saturated carbocycles. The quantitative estimate of drug-likeness (QED) is 0.799. The molecule has 0 unspecified atom stereocenters. The second kappa shape index (κ2) is 4.27. The summed E-state index contributed by atoms with van der Waals surface area (Å²) in [5.74, 6) is 1.65. The lowest BCUT2D eigenvalue weighted by molar-refractivity contribution is 0.437. The Morgan fingerprint density at radius 2 is 2.13 bits per heavy atom. The predicted octanol–water partition coefficient (Wildman–Crippen LogP) is 2.55. The van der Waals surface area contributed by atoms with Gasteiger partial charge in [-0.2, -0.15) is 0 Å². The lowest BCUT2D eigenvalue weighted by atomic mass is 9.99. The summed E-state index contributed by atoms with van der Waals surface area (Å²) in [4.78, 5) is 6.53. The average molecular weight is 226 g/mol. The van der Waals surface area contributed by atoms with E-state index in [1.54, 1.807) is 12.3 Å². The molecule has 0 amide bonds. The van der Waals surface area contributed by atoms with E-state index >= 15 is 0 Å². The largest absolute Gasteiger partial charge is 0.395 e. The maximum Gasteiger partial charge on any atom is 0.153 e. The van der Waals surface area contributed by atoms with Gasteiger partial charge in [-0.15, -0.1) is 0 Å². The van der Waals surface area contributed by atoms with E-state index in [2.05, 4.69) is 16.8 Å². The molecule has 3 nitrogen and oxygen atoms in total. The monoisotopic (exact) mass is 225 g/mol. The van der Waals surface area contributed by atoms with E-state index in [-0.39, 0.29) is 0 Å². The number of aromatic nitrogens is 1. The van der Waals surface area contributed by atoms with E-state index in [4.69, 9.17) is 17.3 Å². The Labute approximate surface area is 95.2 Å². The summed E-state index contributed by atoms with van der Waals surface area (Å²) in [5.41, 5.74) is 6.52. The van der Waals surface area contributed by atoms with Gasteiger partial charge >= 0.3 is 0 Å². The number of nitrogens with zero attached hydrogens (tertiary/aromatic N) is 2. The molecule has 2 rings (SSSR count). The Kier molecular flexibility index (Phi) is 3.00. The Morgan fingerprint density at radius 1 is 1.47 bits per heavy atom. The number of hydrogen-bond donors (Lipinski definition) is 1. The Balaban J connectivity index is 2.19. The second-order valence-electron chi connectivity index (χ2n) is 4.20. The van der Waals surface area contributed by atoms with Gasteiger partial charge in [0, 0.05) is 19.3 Å². The van der Waals surface area contributed by atoms with Gasteiger partial charge in [0.05, 0.1) is 10.7 Å². The first-order valence-corrected chi connectivity index (χ1v) is 5.71. The van der Waals surface area contributed by atoms with Gasteiger partial charge < -0.3 is 10.6 Å². The molecule has 1 aliphatic rings. The van der Waals surface area contributed by atoms with E-state index in [1.807, 2.05) is 0 Å². The summed E-state index contributed by atoms with van der Waals surface area (Å²) in [7, 11) is 0. The zero-order chi connectivity index (χ0) is 10.8. The van der Waals surface area contributed by atoms with Gasteiger partial charge in [-0.3, -0.25) is 0 Å². The van der Waals surface area contributed by atoms with Crippen molar-refractivity contribution in [3.63, 3.8) is 0 Å². The van der Waals surface area contributed by atoms with Crippen molar-refractivity contribution < 1.29 is 0 Å². The first-order valence-electron chi connectivity index (χ1n) is 5.33. The second-order valence-corrected chi connectivity index (χ2v) is 4.61. The minimum absolute atomic E-state index is 0.596. The van der Waals surface area contributed by atoms with Crippen LogP contribution in [0.2, 0.25) is 5.02 Å². The normalized spacial score (nSPS) is 18.1. The van der Waals surface area contributed by atoms with Crippen molar-refractivity contribution in [2.75, 3.05) is 23.7 Å². The number of hydrogen-bond acceptors (Lipinski definition) is 3. The average Bonchev–Trinajstić information content (AvgIpc) is 2.24. The lowest BCUT2D eigenvalue weighted by Gasteiger charge is -2.31. The lowest BCUT2D eigenvalue weighted by Crippen LogP contribution is -2.33. The van der Waals surface area contributed by atoms with Crippen molar-refractivity contribution in [3.05, 3.63) is 17.3 Å². The summed E-state index contributed by atoms with van der Waals surface area (Å²) in [6.45, 7) is 4.34. The molecule has 4 heteroatoms. The minimum atomic E-state index is 0.596. The molecule has 0 aliphatic carbocycles. The summed E-state index contributed by atoms with van der Waals surface area (Å²) in [6.07, 6.45) is 4.12. The number of nitrogen functional groups attached to an aromatic ring is 1. The van der Waals surface area contributed by atoms with E-state index in [0.29, 0.717) is 10.7 Å². The number of piperidine rings is 1. The topological polar surface area (TPSA) is 42.2 Å². The molecule has 82 valence electrons. The highest BCUT2D eigenvalue weighted by Crippen LogP contribution is 2.30. The molecule has 0 radical (unpaired) electrons. The number of pyridine rings is 1. The molecule has 2 N–H and O–H groups in total. The highest BCUT2D eigenvalue weighted by atomic mass is 35.5. The van der Waals surface area contributed by atoms with Crippen LogP contribution in [0.5, 0.6) is 0 Å². The highest BCUT2D eigenvalue weighted by molar-refractivity contribution is 6.33. The van der Waals surface area contributed by atoms with Gasteiger partial charge in [-0.1, -0.05) is 18.5 Å². The highest BCUT2D eigenvalue weighted by Gasteiger charge is 2.19. The molecule has 0 spiro atoms. The predicted molar refractivity (Wildman–Crippen MR) is 64.3 cm³/mol. The van der Waals surface area contributed by atoms with Crippen molar-refractivity contribution in [3.8, 4) is 0 Å². The standard InChI is InChI=1S/C11H16ClN3/c1-8-3-6-15(7-4-8)11-10(13)9(12)2-5-14-11/h2,5,8H,3-4,6-7,13H2,1H3. The molecule has 0 bridgehead atoms. The smallest absolute Gasteiger partial charge is 0.153 e. The van der Waals surface area contributed by atoms with Crippen LogP contribution < -0.4 is 10.6 Å². The van der Waals surface area contributed by atoms with Crippen LogP contribution >= 0.6 is 11.6 Å². The molecule has 1 aliphatic heterocycles. The first kappa shape index (κ1) is 10.6. The third-order valence-corrected chi connectivity index (χ3v) is 3.33. The van der Waals surface area contributed by atoms with Gasteiger partial charge in [0.2, 0.25) is 0 Å². The van der Waals surface area contributed by atoms with E-state index in [9.17, 15) is 0 Å². The van der Waals surface area contributed by atoms with Crippen LogP contribution in [-0.4, -0.2) is 18.1 Å². The third kappa shape index (κ3) is 2.17. The van der Waals surface area contributed by atoms with Crippen LogP contribution in [0.1, 0.15) is 19.8 Å². The fourth-order valence-corrected chi connectivity index (χ4v) is 2.05. The zero-order valence-corrected chi connectivity index (χ0v) is 9.67. The van der Waals surface area contributed by atoms with E-state index < -0.39 is 0 Å². The fraction of sp³-hybridized carbons (Fsp3) is 0.545. The van der Waals surface area contributed by atoms with Crippen molar-refractivity contribution in [2.45, 2.75) is 19.8 Å². The van der Waals surface area contributed by atoms with Crippen LogP contribution in [0.25, 0.3) is 0 Å². The van der Waals surface area contributed by atoms with Crippen LogP contribution in [-0.2, 0) is 0 Å². The minimum Gasteiger partial charge on any atom is -0.395 e. The number of rotatable bonds is 1. The summed E-state index contributed by atoms with van der Waals surface area (Å²) in [6, 6.07) is 1.73. The summed E-state index contributed by atoms with van der Waals surface area (Å²) in [5, 5.41) is 0.596. The SMILES string of the molecule is CC1CCN(c2nccc(Cl)c2N)CC1. The van der Waals surface area contributed by atoms with Crippen LogP contribution in [0.3, 0.4) is 0 Å². The van der Waals surface area contributed by atoms with Crippen LogP contribution in [0.4, 0.5) is 11.5 Å². The van der Waals surface area contributed by atoms with Crippen molar-refractivity contribution >= 4 is 23.1 Å². The maximum atomic E-state index is 5.97. The van der Waals surface area contributed by atoms with Gasteiger partial charge in [-0.25, -0.2) is 4.98 Å². The first-order chi connectivity index (χ1) is 7.18. The molecule has 2 heterocycles. The number of anilines is 2. The van der Waals surface area contributed by atoms with Crippen molar-refractivity contribution in [1.29, 1.82) is 0 Å². The number of nitrogens with two attached hydrogens (primary N) is 1. The van der Waals surface area contributed by atoms with E-state index in [0.717, 1.165) is 24.8 Å². The van der Waals surface area contributed by atoms with Crippen LogP contribution in [0.15, 0.2) is 12.3 Å². The summed E-state index contributed by atoms with van der Waals surface area (Å²) >= 11 is 5.97. The number of halogens is 1. The van der Waals surface area contributed by atoms with Crippen molar-refractivity contribution in [2.24, 2.45) is 5.92 Å². The van der Waals surface area contributed by atoms with Gasteiger partial charge in [0.25, 0.3) is 0 Å². The molecule has 1 saturated heterocycles. The Morgan fingerprint density at radius 3 is 2.80 bits per heavy atom. The molecule has 1 aromatic rings. The summed E-state index contributed by atoms with van der Waals surface area (Å²) < 4.78 is 0. The molecule has 0 aromatic carbocycles. The maximum absolute atomic E-state index is 5.97. The van der Waals surface area contributed by atoms with Crippen molar-refractivity contribution in [1.82, 2.24) is 4.98 Å². The molecule has 0 atom stereocenters. The zero-order valence-electron chi connectivity index (χ0n) is 8.91. The molecular weight excluding hydrogens is 210 g/mol. The Hall–Kier alpha value is -0.960. The van der Waals surface area contributed by atoms with Gasteiger partial charge in [0.15, 0.2) is 5.82 Å².